The molecule has 1 N–H and O–H groups in total. The fourth-order valence-corrected chi connectivity index (χ4v) is 2.41. The molecule has 0 atom stereocenters. The van der Waals surface area contributed by atoms with Crippen LogP contribution in [0.3, 0.4) is 0 Å². The summed E-state index contributed by atoms with van der Waals surface area (Å²) in [6.45, 7) is 13.5. The number of nitrogens with one attached hydrogen (secondary N) is 1. The maximum atomic E-state index is 11.9. The van der Waals surface area contributed by atoms with Crippen LogP contribution in [-0.4, -0.2) is 41.3 Å². The van der Waals surface area contributed by atoms with E-state index in [1.165, 1.54) is 0 Å². The third-order valence-electron chi connectivity index (χ3n) is 2.44. The summed E-state index contributed by atoms with van der Waals surface area (Å²) in [5, 5.41) is 3.52. The molecule has 0 bridgehead atoms. The standard InChI is InChI=1S/C12H24N2O2/c1-9(2)16-10(15)14-7-11(3,4)13-12(5,6)8-14/h9,13H,7-8H2,1-6H3. The monoisotopic (exact) mass is 228 g/mol. The topological polar surface area (TPSA) is 41.6 Å². The van der Waals surface area contributed by atoms with Crippen LogP contribution in [0.2, 0.25) is 0 Å². The summed E-state index contributed by atoms with van der Waals surface area (Å²) in [6.07, 6.45) is -0.272. The first-order chi connectivity index (χ1) is 7.11. The summed E-state index contributed by atoms with van der Waals surface area (Å²) >= 11 is 0. The molecular formula is C12H24N2O2. The zero-order valence-corrected chi connectivity index (χ0v) is 11.3. The van der Waals surface area contributed by atoms with E-state index in [0.29, 0.717) is 13.1 Å². The van der Waals surface area contributed by atoms with Crippen molar-refractivity contribution in [3.05, 3.63) is 0 Å². The van der Waals surface area contributed by atoms with Gasteiger partial charge in [-0.1, -0.05) is 0 Å². The normalized spacial score (nSPS) is 23.3. The van der Waals surface area contributed by atoms with Crippen LogP contribution in [0.4, 0.5) is 4.79 Å². The van der Waals surface area contributed by atoms with Crippen molar-refractivity contribution in [3.8, 4) is 0 Å². The Morgan fingerprint density at radius 1 is 1.19 bits per heavy atom. The van der Waals surface area contributed by atoms with Crippen LogP contribution in [0.25, 0.3) is 0 Å². The van der Waals surface area contributed by atoms with Gasteiger partial charge in [0.25, 0.3) is 0 Å². The summed E-state index contributed by atoms with van der Waals surface area (Å²) in [5.41, 5.74) is -0.143. The smallest absolute Gasteiger partial charge is 0.410 e. The molecule has 1 amide bonds. The molecule has 1 rings (SSSR count). The molecule has 1 fully saturated rings. The lowest BCUT2D eigenvalue weighted by atomic mass is 9.92. The van der Waals surface area contributed by atoms with Crippen molar-refractivity contribution in [1.29, 1.82) is 0 Å². The van der Waals surface area contributed by atoms with Crippen LogP contribution in [0, 0.1) is 0 Å². The Bertz CT molecular complexity index is 256. The Balaban J connectivity index is 2.71. The van der Waals surface area contributed by atoms with Gasteiger partial charge in [-0.2, -0.15) is 0 Å². The molecule has 0 aromatic carbocycles. The van der Waals surface area contributed by atoms with E-state index in [-0.39, 0.29) is 23.3 Å². The molecule has 1 aliphatic rings. The molecule has 4 heteroatoms. The van der Waals surface area contributed by atoms with Gasteiger partial charge in [-0.3, -0.25) is 0 Å². The largest absolute Gasteiger partial charge is 0.447 e. The van der Waals surface area contributed by atoms with Gasteiger partial charge in [0.1, 0.15) is 0 Å². The average Bonchev–Trinajstić information content (AvgIpc) is 1.96. The van der Waals surface area contributed by atoms with E-state index in [4.69, 9.17) is 4.74 Å². The van der Waals surface area contributed by atoms with Gasteiger partial charge in [-0.05, 0) is 41.5 Å². The number of rotatable bonds is 1. The highest BCUT2D eigenvalue weighted by molar-refractivity contribution is 5.68. The SMILES string of the molecule is CC(C)OC(=O)N1CC(C)(C)NC(C)(C)C1. The number of nitrogens with zero attached hydrogens (tertiary/aromatic N) is 1. The molecule has 94 valence electrons. The fraction of sp³-hybridized carbons (Fsp3) is 0.917. The predicted molar refractivity (Wildman–Crippen MR) is 64.5 cm³/mol. The van der Waals surface area contributed by atoms with Crippen molar-refractivity contribution in [2.75, 3.05) is 13.1 Å². The number of amides is 1. The maximum Gasteiger partial charge on any atom is 0.410 e. The second-order valence-corrected chi connectivity index (χ2v) is 6.18. The molecule has 16 heavy (non-hydrogen) atoms. The first-order valence-corrected chi connectivity index (χ1v) is 5.86. The van der Waals surface area contributed by atoms with Crippen molar-refractivity contribution in [1.82, 2.24) is 10.2 Å². The Morgan fingerprint density at radius 2 is 1.62 bits per heavy atom. The number of hydrogen-bond donors (Lipinski definition) is 1. The van der Waals surface area contributed by atoms with E-state index in [0.717, 1.165) is 0 Å². The summed E-state index contributed by atoms with van der Waals surface area (Å²) < 4.78 is 5.24. The molecule has 0 spiro atoms. The predicted octanol–water partition coefficient (Wildman–Crippen LogP) is 1.99. The molecule has 1 saturated heterocycles. The van der Waals surface area contributed by atoms with Crippen LogP contribution in [0.1, 0.15) is 41.5 Å². The van der Waals surface area contributed by atoms with E-state index >= 15 is 0 Å². The molecule has 1 aliphatic heterocycles. The molecule has 0 aliphatic carbocycles. The number of ether oxygens (including phenoxy) is 1. The maximum absolute atomic E-state index is 11.9. The van der Waals surface area contributed by atoms with E-state index in [1.54, 1.807) is 4.90 Å². The zero-order valence-electron chi connectivity index (χ0n) is 11.3. The van der Waals surface area contributed by atoms with Gasteiger partial charge in [0, 0.05) is 24.2 Å². The Labute approximate surface area is 98.3 Å². The summed E-state index contributed by atoms with van der Waals surface area (Å²) in [5.74, 6) is 0. The number of piperazine rings is 1. The molecule has 0 aromatic rings. The second kappa shape index (κ2) is 4.24. The molecular weight excluding hydrogens is 204 g/mol. The van der Waals surface area contributed by atoms with Gasteiger partial charge < -0.3 is 15.0 Å². The molecule has 1 heterocycles. The Kier molecular flexibility index (Phi) is 3.53. The first-order valence-electron chi connectivity index (χ1n) is 5.86. The van der Waals surface area contributed by atoms with Crippen molar-refractivity contribution in [2.24, 2.45) is 0 Å². The quantitative estimate of drug-likeness (QED) is 0.746. The van der Waals surface area contributed by atoms with Crippen LogP contribution in [-0.2, 0) is 4.74 Å². The van der Waals surface area contributed by atoms with E-state index in [2.05, 4.69) is 33.0 Å². The van der Waals surface area contributed by atoms with Crippen LogP contribution < -0.4 is 5.32 Å². The Morgan fingerprint density at radius 3 is 2.00 bits per heavy atom. The third-order valence-corrected chi connectivity index (χ3v) is 2.44. The van der Waals surface area contributed by atoms with Gasteiger partial charge in [0.2, 0.25) is 0 Å². The number of carbonyl (C=O) groups is 1. The van der Waals surface area contributed by atoms with Crippen LogP contribution in [0.15, 0.2) is 0 Å². The number of hydrogen-bond acceptors (Lipinski definition) is 3. The van der Waals surface area contributed by atoms with Crippen molar-refractivity contribution < 1.29 is 9.53 Å². The number of carbonyl (C=O) groups excluding carboxylic acids is 1. The van der Waals surface area contributed by atoms with E-state index in [1.807, 2.05) is 13.8 Å². The zero-order chi connectivity index (χ0) is 12.6. The Hall–Kier alpha value is -0.770. The highest BCUT2D eigenvalue weighted by Gasteiger charge is 2.39. The second-order valence-electron chi connectivity index (χ2n) is 6.18. The summed E-state index contributed by atoms with van der Waals surface area (Å²) in [6, 6.07) is 0. The molecule has 0 unspecified atom stereocenters. The highest BCUT2D eigenvalue weighted by Crippen LogP contribution is 2.21. The lowest BCUT2D eigenvalue weighted by molar-refractivity contribution is 0.0348. The fourth-order valence-electron chi connectivity index (χ4n) is 2.41. The van der Waals surface area contributed by atoms with Gasteiger partial charge in [-0.25, -0.2) is 4.79 Å². The molecule has 0 aromatic heterocycles. The van der Waals surface area contributed by atoms with Crippen molar-refractivity contribution in [2.45, 2.75) is 58.7 Å². The summed E-state index contributed by atoms with van der Waals surface area (Å²) in [7, 11) is 0. The summed E-state index contributed by atoms with van der Waals surface area (Å²) in [4.78, 5) is 13.6. The lowest BCUT2D eigenvalue weighted by Gasteiger charge is -2.47. The molecule has 4 nitrogen and oxygen atoms in total. The van der Waals surface area contributed by atoms with Crippen LogP contribution in [0.5, 0.6) is 0 Å². The molecule has 0 radical (unpaired) electrons. The minimum atomic E-state index is -0.211. The van der Waals surface area contributed by atoms with Crippen LogP contribution >= 0.6 is 0 Å². The average molecular weight is 228 g/mol. The van der Waals surface area contributed by atoms with E-state index < -0.39 is 0 Å². The van der Waals surface area contributed by atoms with Gasteiger partial charge in [0.15, 0.2) is 0 Å². The van der Waals surface area contributed by atoms with Crippen molar-refractivity contribution in [3.63, 3.8) is 0 Å². The van der Waals surface area contributed by atoms with Gasteiger partial charge in [-0.15, -0.1) is 0 Å². The third kappa shape index (κ3) is 3.67. The highest BCUT2D eigenvalue weighted by atomic mass is 16.6. The first kappa shape index (κ1) is 13.3. The molecule has 0 saturated carbocycles. The minimum Gasteiger partial charge on any atom is -0.447 e. The van der Waals surface area contributed by atoms with Gasteiger partial charge >= 0.3 is 6.09 Å². The minimum absolute atomic E-state index is 0.0615. The van der Waals surface area contributed by atoms with E-state index in [9.17, 15) is 4.79 Å². The van der Waals surface area contributed by atoms with Crippen molar-refractivity contribution >= 4 is 6.09 Å². The van der Waals surface area contributed by atoms with Gasteiger partial charge in [0.05, 0.1) is 6.10 Å². The lowest BCUT2D eigenvalue weighted by Crippen LogP contribution is -2.67.